The molecule has 0 saturated heterocycles. The van der Waals surface area contributed by atoms with Gasteiger partial charge in [0.05, 0.1) is 7.11 Å². The Kier molecular flexibility index (Phi) is 7.67. The van der Waals surface area contributed by atoms with Gasteiger partial charge < -0.3 is 20.3 Å². The summed E-state index contributed by atoms with van der Waals surface area (Å²) in [4.78, 5) is 17.7. The van der Waals surface area contributed by atoms with E-state index in [1.54, 1.807) is 33.2 Å². The second-order valence-electron chi connectivity index (χ2n) is 6.35. The molecule has 0 unspecified atom stereocenters. The Morgan fingerprint density at radius 3 is 2.44 bits per heavy atom. The van der Waals surface area contributed by atoms with Crippen molar-refractivity contribution in [1.82, 2.24) is 15.5 Å². The predicted octanol–water partition coefficient (Wildman–Crippen LogP) is 2.30. The highest BCUT2D eigenvalue weighted by atomic mass is 16.5. The van der Waals surface area contributed by atoms with Crippen LogP contribution in [0.3, 0.4) is 0 Å². The van der Waals surface area contributed by atoms with E-state index >= 15 is 0 Å². The van der Waals surface area contributed by atoms with Gasteiger partial charge in [-0.1, -0.05) is 24.3 Å². The standard InChI is InChI=1S/C21H28N4O2/c1-22-21(23-13-12-16-6-5-7-19(14-16)27-4)24-15-17-8-10-18(11-9-17)20(26)25(2)3/h5-11,14H,12-13,15H2,1-4H3,(H2,22,23,24). The lowest BCUT2D eigenvalue weighted by Gasteiger charge is -2.13. The SMILES string of the molecule is CN=C(NCCc1cccc(OC)c1)NCc1ccc(C(=O)N(C)C)cc1. The number of benzene rings is 2. The average molecular weight is 368 g/mol. The van der Waals surface area contributed by atoms with Crippen molar-refractivity contribution in [2.24, 2.45) is 4.99 Å². The number of amides is 1. The number of methoxy groups -OCH3 is 1. The molecule has 0 heterocycles. The smallest absolute Gasteiger partial charge is 0.253 e. The van der Waals surface area contributed by atoms with Crippen molar-refractivity contribution in [1.29, 1.82) is 0 Å². The Hall–Kier alpha value is -3.02. The van der Waals surface area contributed by atoms with Crippen molar-refractivity contribution < 1.29 is 9.53 Å². The highest BCUT2D eigenvalue weighted by Crippen LogP contribution is 2.12. The number of aliphatic imine (C=N–C) groups is 1. The summed E-state index contributed by atoms with van der Waals surface area (Å²) in [5.74, 6) is 1.61. The summed E-state index contributed by atoms with van der Waals surface area (Å²) in [5.41, 5.74) is 2.98. The Labute approximate surface area is 161 Å². The molecule has 0 radical (unpaired) electrons. The van der Waals surface area contributed by atoms with Crippen LogP contribution in [0.15, 0.2) is 53.5 Å². The fourth-order valence-electron chi connectivity index (χ4n) is 2.58. The molecule has 2 aromatic rings. The van der Waals surface area contributed by atoms with Crippen LogP contribution in [0.1, 0.15) is 21.5 Å². The van der Waals surface area contributed by atoms with Gasteiger partial charge in [-0.3, -0.25) is 9.79 Å². The van der Waals surface area contributed by atoms with Gasteiger partial charge in [0.15, 0.2) is 5.96 Å². The van der Waals surface area contributed by atoms with E-state index in [1.807, 2.05) is 42.5 Å². The van der Waals surface area contributed by atoms with Crippen molar-refractivity contribution in [2.45, 2.75) is 13.0 Å². The number of carbonyl (C=O) groups excluding carboxylic acids is 1. The normalized spacial score (nSPS) is 11.0. The van der Waals surface area contributed by atoms with Gasteiger partial charge in [-0.05, 0) is 41.8 Å². The number of ether oxygens (including phenoxy) is 1. The molecule has 0 spiro atoms. The lowest BCUT2D eigenvalue weighted by Crippen LogP contribution is -2.37. The number of hydrogen-bond acceptors (Lipinski definition) is 3. The largest absolute Gasteiger partial charge is 0.497 e. The highest BCUT2D eigenvalue weighted by Gasteiger charge is 2.07. The van der Waals surface area contributed by atoms with E-state index in [1.165, 1.54) is 5.56 Å². The minimum absolute atomic E-state index is 0.00419. The molecule has 0 aliphatic rings. The first-order valence-electron chi connectivity index (χ1n) is 8.91. The topological polar surface area (TPSA) is 66.0 Å². The fourth-order valence-corrected chi connectivity index (χ4v) is 2.58. The van der Waals surface area contributed by atoms with Crippen LogP contribution in [0.2, 0.25) is 0 Å². The Bertz CT molecular complexity index is 770. The molecule has 0 aromatic heterocycles. The van der Waals surface area contributed by atoms with Crippen LogP contribution in [0, 0.1) is 0 Å². The Balaban J connectivity index is 1.80. The molecule has 2 N–H and O–H groups in total. The lowest BCUT2D eigenvalue weighted by molar-refractivity contribution is 0.0827. The van der Waals surface area contributed by atoms with Crippen molar-refractivity contribution in [3.63, 3.8) is 0 Å². The minimum atomic E-state index is 0.00419. The average Bonchev–Trinajstić information content (AvgIpc) is 2.70. The van der Waals surface area contributed by atoms with E-state index in [0.717, 1.165) is 30.2 Å². The van der Waals surface area contributed by atoms with Crippen molar-refractivity contribution >= 4 is 11.9 Å². The summed E-state index contributed by atoms with van der Waals surface area (Å²) in [6.07, 6.45) is 0.874. The summed E-state index contributed by atoms with van der Waals surface area (Å²) < 4.78 is 5.25. The van der Waals surface area contributed by atoms with Crippen LogP contribution in [-0.4, -0.2) is 51.6 Å². The van der Waals surface area contributed by atoms with E-state index in [9.17, 15) is 4.79 Å². The number of guanidine groups is 1. The molecule has 0 aliphatic carbocycles. The van der Waals surface area contributed by atoms with Crippen LogP contribution in [-0.2, 0) is 13.0 Å². The molecule has 6 nitrogen and oxygen atoms in total. The van der Waals surface area contributed by atoms with Crippen molar-refractivity contribution in [2.75, 3.05) is 34.8 Å². The quantitative estimate of drug-likeness (QED) is 0.581. The third-order valence-corrected chi connectivity index (χ3v) is 4.13. The van der Waals surface area contributed by atoms with E-state index in [4.69, 9.17) is 4.74 Å². The predicted molar refractivity (Wildman–Crippen MR) is 109 cm³/mol. The summed E-state index contributed by atoms with van der Waals surface area (Å²) in [7, 11) is 6.92. The molecule has 2 aromatic carbocycles. The molecule has 0 atom stereocenters. The molecular formula is C21H28N4O2. The van der Waals surface area contributed by atoms with Gasteiger partial charge in [0, 0.05) is 39.8 Å². The van der Waals surface area contributed by atoms with E-state index < -0.39 is 0 Å². The third kappa shape index (κ3) is 6.33. The van der Waals surface area contributed by atoms with Crippen molar-refractivity contribution in [3.05, 3.63) is 65.2 Å². The fraction of sp³-hybridized carbons (Fsp3) is 0.333. The molecule has 2 rings (SSSR count). The summed E-state index contributed by atoms with van der Waals surface area (Å²) in [6.45, 7) is 1.40. The first-order valence-corrected chi connectivity index (χ1v) is 8.91. The molecule has 27 heavy (non-hydrogen) atoms. The van der Waals surface area contributed by atoms with Crippen LogP contribution < -0.4 is 15.4 Å². The summed E-state index contributed by atoms with van der Waals surface area (Å²) in [6, 6.07) is 15.6. The molecular weight excluding hydrogens is 340 g/mol. The third-order valence-electron chi connectivity index (χ3n) is 4.13. The van der Waals surface area contributed by atoms with Gasteiger partial charge in [0.2, 0.25) is 0 Å². The first kappa shape index (κ1) is 20.3. The maximum Gasteiger partial charge on any atom is 0.253 e. The first-order chi connectivity index (χ1) is 13.0. The van der Waals surface area contributed by atoms with Crippen LogP contribution in [0.4, 0.5) is 0 Å². The molecule has 0 fully saturated rings. The summed E-state index contributed by atoms with van der Waals surface area (Å²) in [5, 5.41) is 6.59. The number of carbonyl (C=O) groups is 1. The molecule has 6 heteroatoms. The molecule has 144 valence electrons. The van der Waals surface area contributed by atoms with E-state index in [-0.39, 0.29) is 5.91 Å². The molecule has 0 saturated carbocycles. The van der Waals surface area contributed by atoms with Gasteiger partial charge in [-0.2, -0.15) is 0 Å². The maximum atomic E-state index is 11.9. The zero-order valence-corrected chi connectivity index (χ0v) is 16.5. The number of hydrogen-bond donors (Lipinski definition) is 2. The molecule has 1 amide bonds. The Morgan fingerprint density at radius 2 is 1.81 bits per heavy atom. The van der Waals surface area contributed by atoms with Crippen LogP contribution in [0.25, 0.3) is 0 Å². The highest BCUT2D eigenvalue weighted by molar-refractivity contribution is 5.93. The van der Waals surface area contributed by atoms with Crippen LogP contribution in [0.5, 0.6) is 5.75 Å². The minimum Gasteiger partial charge on any atom is -0.497 e. The van der Waals surface area contributed by atoms with Gasteiger partial charge in [-0.15, -0.1) is 0 Å². The number of nitrogens with one attached hydrogen (secondary N) is 2. The number of rotatable bonds is 7. The van der Waals surface area contributed by atoms with E-state index in [2.05, 4.69) is 21.7 Å². The number of nitrogens with zero attached hydrogens (tertiary/aromatic N) is 2. The van der Waals surface area contributed by atoms with E-state index in [0.29, 0.717) is 12.1 Å². The second kappa shape index (κ2) is 10.2. The maximum absolute atomic E-state index is 11.9. The van der Waals surface area contributed by atoms with Crippen LogP contribution >= 0.6 is 0 Å². The van der Waals surface area contributed by atoms with Gasteiger partial charge >= 0.3 is 0 Å². The zero-order valence-electron chi connectivity index (χ0n) is 16.5. The summed E-state index contributed by atoms with van der Waals surface area (Å²) >= 11 is 0. The molecule has 0 aliphatic heterocycles. The monoisotopic (exact) mass is 368 g/mol. The van der Waals surface area contributed by atoms with Gasteiger partial charge in [0.25, 0.3) is 5.91 Å². The van der Waals surface area contributed by atoms with Crippen molar-refractivity contribution in [3.8, 4) is 5.75 Å². The lowest BCUT2D eigenvalue weighted by atomic mass is 10.1. The second-order valence-corrected chi connectivity index (χ2v) is 6.35. The Morgan fingerprint density at radius 1 is 1.07 bits per heavy atom. The molecule has 0 bridgehead atoms. The zero-order chi connectivity index (χ0) is 19.6. The van der Waals surface area contributed by atoms with Gasteiger partial charge in [-0.25, -0.2) is 0 Å². The van der Waals surface area contributed by atoms with Gasteiger partial charge in [0.1, 0.15) is 5.75 Å².